The fourth-order valence-corrected chi connectivity index (χ4v) is 5.25. The van der Waals surface area contributed by atoms with Gasteiger partial charge in [0, 0.05) is 50.5 Å². The van der Waals surface area contributed by atoms with Gasteiger partial charge in [-0.3, -0.25) is 0 Å². The number of piperazine rings is 1. The van der Waals surface area contributed by atoms with Gasteiger partial charge in [-0.1, -0.05) is 18.5 Å². The van der Waals surface area contributed by atoms with E-state index in [0.29, 0.717) is 55.5 Å². The second-order valence-electron chi connectivity index (χ2n) is 9.49. The minimum Gasteiger partial charge on any atom is -0.353 e. The van der Waals surface area contributed by atoms with Gasteiger partial charge < -0.3 is 14.7 Å². The average Bonchev–Trinajstić information content (AvgIpc) is 2.94. The molecule has 1 unspecified atom stereocenters. The maximum atomic E-state index is 13.8. The van der Waals surface area contributed by atoms with Gasteiger partial charge in [-0.15, -0.1) is 0 Å². The highest BCUT2D eigenvalue weighted by Gasteiger charge is 2.36. The van der Waals surface area contributed by atoms with E-state index in [1.165, 1.54) is 24.4 Å². The van der Waals surface area contributed by atoms with E-state index in [9.17, 15) is 17.6 Å². The van der Waals surface area contributed by atoms with Crippen LogP contribution in [0, 0.1) is 5.82 Å². The van der Waals surface area contributed by atoms with Crippen molar-refractivity contribution in [2.75, 3.05) is 47.4 Å². The molecule has 0 bridgehead atoms. The van der Waals surface area contributed by atoms with E-state index in [-0.39, 0.29) is 10.8 Å². The number of pyridine rings is 1. The zero-order chi connectivity index (χ0) is 26.9. The van der Waals surface area contributed by atoms with Crippen LogP contribution in [0.3, 0.4) is 0 Å². The molecule has 2 aliphatic rings. The molecule has 2 aromatic heterocycles. The first kappa shape index (κ1) is 26.4. The van der Waals surface area contributed by atoms with Gasteiger partial charge in [0.1, 0.15) is 11.6 Å². The van der Waals surface area contributed by atoms with Crippen LogP contribution in [-0.4, -0.2) is 58.7 Å². The molecule has 0 amide bonds. The predicted octanol–water partition coefficient (Wildman–Crippen LogP) is 5.84. The topological polar surface area (TPSA) is 61.3 Å². The summed E-state index contributed by atoms with van der Waals surface area (Å²) >= 11 is 6.05. The van der Waals surface area contributed by atoms with Gasteiger partial charge in [-0.25, -0.2) is 9.37 Å². The molecule has 1 atom stereocenters. The number of hydrogen-bond donors (Lipinski definition) is 0. The normalized spacial score (nSPS) is 18.7. The van der Waals surface area contributed by atoms with E-state index in [2.05, 4.69) is 21.8 Å². The lowest BCUT2D eigenvalue weighted by Gasteiger charge is -2.38. The highest BCUT2D eigenvalue weighted by molar-refractivity contribution is 6.31. The van der Waals surface area contributed by atoms with Gasteiger partial charge >= 0.3 is 6.18 Å². The Labute approximate surface area is 223 Å². The van der Waals surface area contributed by atoms with Gasteiger partial charge in [-0.2, -0.15) is 28.1 Å². The third-order valence-electron chi connectivity index (χ3n) is 7.10. The molecule has 5 rings (SSSR count). The van der Waals surface area contributed by atoms with Crippen LogP contribution in [0.5, 0.6) is 0 Å². The predicted molar refractivity (Wildman–Crippen MR) is 139 cm³/mol. The molecule has 38 heavy (non-hydrogen) atoms. The van der Waals surface area contributed by atoms with Crippen LogP contribution in [0.15, 0.2) is 36.5 Å². The first-order chi connectivity index (χ1) is 18.2. The monoisotopic (exact) mass is 549 g/mol. The number of nitrogens with zero attached hydrogens (tertiary/aromatic N) is 7. The van der Waals surface area contributed by atoms with Crippen LogP contribution < -0.4 is 14.7 Å². The molecular formula is C26H28ClF4N7. The second-order valence-corrected chi connectivity index (χ2v) is 9.89. The lowest BCUT2D eigenvalue weighted by molar-refractivity contribution is -0.137. The van der Waals surface area contributed by atoms with Crippen molar-refractivity contribution < 1.29 is 17.6 Å². The van der Waals surface area contributed by atoms with Crippen LogP contribution in [0.2, 0.25) is 5.02 Å². The van der Waals surface area contributed by atoms with E-state index >= 15 is 0 Å². The van der Waals surface area contributed by atoms with Gasteiger partial charge in [0.15, 0.2) is 5.82 Å². The van der Waals surface area contributed by atoms with Crippen molar-refractivity contribution >= 4 is 29.3 Å². The molecule has 0 saturated carbocycles. The lowest BCUT2D eigenvalue weighted by Crippen LogP contribution is -2.48. The molecule has 3 aromatic rings. The van der Waals surface area contributed by atoms with E-state index in [1.807, 2.05) is 4.90 Å². The Hall–Kier alpha value is -3.21. The van der Waals surface area contributed by atoms with Crippen LogP contribution in [-0.2, 0) is 6.18 Å². The first-order valence-corrected chi connectivity index (χ1v) is 13.1. The first-order valence-electron chi connectivity index (χ1n) is 12.7. The van der Waals surface area contributed by atoms with Crippen LogP contribution in [0.4, 0.5) is 35.3 Å². The Morgan fingerprint density at radius 3 is 2.39 bits per heavy atom. The largest absolute Gasteiger partial charge is 0.419 e. The number of hydrogen-bond acceptors (Lipinski definition) is 7. The third kappa shape index (κ3) is 5.48. The Kier molecular flexibility index (Phi) is 7.56. The zero-order valence-electron chi connectivity index (χ0n) is 20.9. The van der Waals surface area contributed by atoms with Crippen molar-refractivity contribution in [2.45, 2.75) is 44.8 Å². The summed E-state index contributed by atoms with van der Waals surface area (Å²) in [7, 11) is 0. The summed E-state index contributed by atoms with van der Waals surface area (Å²) in [5, 5.41) is -0.0279. The average molecular weight is 550 g/mol. The van der Waals surface area contributed by atoms with Gasteiger partial charge in [0.25, 0.3) is 0 Å². The Morgan fingerprint density at radius 2 is 1.68 bits per heavy atom. The smallest absolute Gasteiger partial charge is 0.353 e. The summed E-state index contributed by atoms with van der Waals surface area (Å²) in [6, 6.07) is 6.99. The third-order valence-corrected chi connectivity index (χ3v) is 7.39. The maximum absolute atomic E-state index is 13.8. The summed E-state index contributed by atoms with van der Waals surface area (Å²) in [4.78, 5) is 24.0. The Bertz CT molecular complexity index is 1280. The number of piperidine rings is 1. The molecule has 2 fully saturated rings. The molecule has 0 radical (unpaired) electrons. The van der Waals surface area contributed by atoms with Crippen LogP contribution in [0.1, 0.15) is 38.2 Å². The fraction of sp³-hybridized carbons (Fsp3) is 0.462. The number of rotatable bonds is 5. The van der Waals surface area contributed by atoms with Crippen molar-refractivity contribution in [2.24, 2.45) is 0 Å². The number of benzene rings is 1. The van der Waals surface area contributed by atoms with Crippen LogP contribution >= 0.6 is 11.6 Å². The maximum Gasteiger partial charge on any atom is 0.419 e. The van der Waals surface area contributed by atoms with Crippen molar-refractivity contribution in [3.63, 3.8) is 0 Å². The van der Waals surface area contributed by atoms with E-state index in [1.54, 1.807) is 11.0 Å². The van der Waals surface area contributed by atoms with Crippen molar-refractivity contribution in [1.82, 2.24) is 19.9 Å². The molecular weight excluding hydrogens is 522 g/mol. The van der Waals surface area contributed by atoms with Crippen LogP contribution in [0.25, 0.3) is 11.4 Å². The number of halogens is 5. The number of aromatic nitrogens is 4. The van der Waals surface area contributed by atoms with Gasteiger partial charge in [0.2, 0.25) is 11.9 Å². The van der Waals surface area contributed by atoms with Crippen molar-refractivity contribution in [1.29, 1.82) is 0 Å². The molecule has 2 saturated heterocycles. The van der Waals surface area contributed by atoms with E-state index in [4.69, 9.17) is 21.6 Å². The molecule has 2 aliphatic heterocycles. The number of anilines is 3. The Balaban J connectivity index is 1.45. The summed E-state index contributed by atoms with van der Waals surface area (Å²) < 4.78 is 54.5. The van der Waals surface area contributed by atoms with Gasteiger partial charge in [-0.05, 0) is 56.0 Å². The molecule has 7 nitrogen and oxygen atoms in total. The summed E-state index contributed by atoms with van der Waals surface area (Å²) in [6.07, 6.45) is 1.04. The minimum atomic E-state index is -4.49. The molecule has 1 aromatic carbocycles. The summed E-state index contributed by atoms with van der Waals surface area (Å²) in [5.74, 6) is 0.748. The molecule has 202 valence electrons. The van der Waals surface area contributed by atoms with E-state index in [0.717, 1.165) is 38.3 Å². The molecule has 0 spiro atoms. The molecule has 12 heteroatoms. The standard InChI is InChI=1S/C26H28ClF4N7/c1-2-18-6-3-4-11-38(18)25-34-22(17-8-9-21(28)20(27)16-17)33-24(35-25)37-14-12-36(13-15-37)23-19(26(29,30)31)7-5-10-32-23/h5,7-10,16,18H,2-4,6,11-15H2,1H3. The molecule has 0 N–H and O–H groups in total. The van der Waals surface area contributed by atoms with Crippen molar-refractivity contribution in [3.05, 3.63) is 52.9 Å². The number of alkyl halides is 3. The fourth-order valence-electron chi connectivity index (χ4n) is 5.06. The zero-order valence-corrected chi connectivity index (χ0v) is 21.7. The van der Waals surface area contributed by atoms with Crippen molar-refractivity contribution in [3.8, 4) is 11.4 Å². The highest BCUT2D eigenvalue weighted by atomic mass is 35.5. The highest BCUT2D eigenvalue weighted by Crippen LogP contribution is 2.36. The second kappa shape index (κ2) is 10.9. The SMILES string of the molecule is CCC1CCCCN1c1nc(-c2ccc(F)c(Cl)c2)nc(N2CCN(c3ncccc3C(F)(F)F)CC2)n1. The van der Waals surface area contributed by atoms with E-state index < -0.39 is 17.6 Å². The summed E-state index contributed by atoms with van der Waals surface area (Å²) in [6.45, 7) is 4.40. The quantitative estimate of drug-likeness (QED) is 0.370. The summed E-state index contributed by atoms with van der Waals surface area (Å²) in [5.41, 5.74) is -0.185. The Morgan fingerprint density at radius 1 is 0.947 bits per heavy atom. The lowest BCUT2D eigenvalue weighted by atomic mass is 10.0. The molecule has 4 heterocycles. The van der Waals surface area contributed by atoms with Gasteiger partial charge in [0.05, 0.1) is 10.6 Å². The minimum absolute atomic E-state index is 0.0279. The molecule has 0 aliphatic carbocycles.